The van der Waals surface area contributed by atoms with E-state index in [1.54, 1.807) is 0 Å². The fraction of sp³-hybridized carbons (Fsp3) is 0.533. The molecule has 0 aliphatic heterocycles. The quantitative estimate of drug-likeness (QED) is 0.745. The number of aliphatic carboxylic acids is 1. The molecule has 0 saturated heterocycles. The molecule has 0 spiro atoms. The number of carboxylic acids is 1. The molecule has 1 aromatic carbocycles. The Kier molecular flexibility index (Phi) is 6.79. The maximum Gasteiger partial charge on any atom is 0.303 e. The topological polar surface area (TPSA) is 55.8 Å². The summed E-state index contributed by atoms with van der Waals surface area (Å²) in [6.07, 6.45) is 2.45. The number of hydrogen-bond acceptors (Lipinski definition) is 3. The molecular weight excluding hydrogens is 244 g/mol. The summed E-state index contributed by atoms with van der Waals surface area (Å²) in [4.78, 5) is 10.6. The standard InChI is InChI=1S/C15H22O4/c1-3-9-18-13-7-5-12(6-8-15(16)17)14(11-13)19-10-4-2/h5,7,11H,3-4,6,8-10H2,1-2H3,(H,16,17). The third-order valence-electron chi connectivity index (χ3n) is 2.58. The van der Waals surface area contributed by atoms with Crippen molar-refractivity contribution < 1.29 is 19.4 Å². The molecule has 0 radical (unpaired) electrons. The highest BCUT2D eigenvalue weighted by atomic mass is 16.5. The van der Waals surface area contributed by atoms with Gasteiger partial charge in [0.25, 0.3) is 0 Å². The number of carboxylic acid groups (broad SMARTS) is 1. The molecule has 0 fully saturated rings. The maximum absolute atomic E-state index is 10.6. The molecule has 106 valence electrons. The second kappa shape index (κ2) is 8.40. The van der Waals surface area contributed by atoms with Crippen molar-refractivity contribution in [3.63, 3.8) is 0 Å². The van der Waals surface area contributed by atoms with Gasteiger partial charge in [0.2, 0.25) is 0 Å². The highest BCUT2D eigenvalue weighted by molar-refractivity contribution is 5.67. The van der Waals surface area contributed by atoms with Crippen LogP contribution in [0.2, 0.25) is 0 Å². The Morgan fingerprint density at radius 3 is 2.47 bits per heavy atom. The van der Waals surface area contributed by atoms with E-state index in [-0.39, 0.29) is 6.42 Å². The van der Waals surface area contributed by atoms with Crippen LogP contribution in [0.25, 0.3) is 0 Å². The van der Waals surface area contributed by atoms with Crippen LogP contribution in [0, 0.1) is 0 Å². The second-order valence-electron chi connectivity index (χ2n) is 4.36. The molecule has 0 unspecified atom stereocenters. The molecule has 1 aromatic rings. The lowest BCUT2D eigenvalue weighted by molar-refractivity contribution is -0.136. The zero-order valence-corrected chi connectivity index (χ0v) is 11.6. The minimum Gasteiger partial charge on any atom is -0.493 e. The fourth-order valence-corrected chi connectivity index (χ4v) is 1.64. The average Bonchev–Trinajstić information content (AvgIpc) is 2.41. The van der Waals surface area contributed by atoms with Crippen LogP contribution in [0.1, 0.15) is 38.7 Å². The number of carbonyl (C=O) groups is 1. The van der Waals surface area contributed by atoms with Crippen LogP contribution >= 0.6 is 0 Å². The second-order valence-corrected chi connectivity index (χ2v) is 4.36. The molecule has 1 rings (SSSR count). The summed E-state index contributed by atoms with van der Waals surface area (Å²) in [5.41, 5.74) is 0.916. The molecule has 0 aliphatic carbocycles. The largest absolute Gasteiger partial charge is 0.493 e. The van der Waals surface area contributed by atoms with E-state index in [4.69, 9.17) is 14.6 Å². The van der Waals surface area contributed by atoms with Crippen LogP contribution in [0.5, 0.6) is 11.5 Å². The van der Waals surface area contributed by atoms with Gasteiger partial charge in [-0.2, -0.15) is 0 Å². The molecular formula is C15H22O4. The molecule has 4 heteroatoms. The van der Waals surface area contributed by atoms with E-state index in [1.165, 1.54) is 0 Å². The summed E-state index contributed by atoms with van der Waals surface area (Å²) >= 11 is 0. The monoisotopic (exact) mass is 266 g/mol. The van der Waals surface area contributed by atoms with Crippen molar-refractivity contribution >= 4 is 5.97 Å². The van der Waals surface area contributed by atoms with Gasteiger partial charge in [0, 0.05) is 12.5 Å². The maximum atomic E-state index is 10.6. The molecule has 1 N–H and O–H groups in total. The van der Waals surface area contributed by atoms with Crippen molar-refractivity contribution in [3.05, 3.63) is 23.8 Å². The first-order chi connectivity index (χ1) is 9.17. The van der Waals surface area contributed by atoms with E-state index >= 15 is 0 Å². The van der Waals surface area contributed by atoms with E-state index < -0.39 is 5.97 Å². The van der Waals surface area contributed by atoms with E-state index in [9.17, 15) is 4.79 Å². The zero-order valence-electron chi connectivity index (χ0n) is 11.6. The first-order valence-corrected chi connectivity index (χ1v) is 6.77. The molecule has 0 bridgehead atoms. The third-order valence-corrected chi connectivity index (χ3v) is 2.58. The molecule has 0 aromatic heterocycles. The summed E-state index contributed by atoms with van der Waals surface area (Å²) in [7, 11) is 0. The van der Waals surface area contributed by atoms with Gasteiger partial charge >= 0.3 is 5.97 Å². The molecule has 0 heterocycles. The van der Waals surface area contributed by atoms with Crippen molar-refractivity contribution in [2.24, 2.45) is 0 Å². The smallest absolute Gasteiger partial charge is 0.303 e. The first-order valence-electron chi connectivity index (χ1n) is 6.77. The van der Waals surface area contributed by atoms with Crippen LogP contribution in [-0.2, 0) is 11.2 Å². The van der Waals surface area contributed by atoms with Crippen LogP contribution in [0.4, 0.5) is 0 Å². The summed E-state index contributed by atoms with van der Waals surface area (Å²) in [6.45, 7) is 5.38. The van der Waals surface area contributed by atoms with Crippen LogP contribution < -0.4 is 9.47 Å². The Bertz CT molecular complexity index is 401. The predicted molar refractivity (Wildman–Crippen MR) is 74.0 cm³/mol. The van der Waals surface area contributed by atoms with Crippen molar-refractivity contribution in [3.8, 4) is 11.5 Å². The van der Waals surface area contributed by atoms with Gasteiger partial charge in [-0.05, 0) is 30.9 Å². The number of ether oxygens (including phenoxy) is 2. The van der Waals surface area contributed by atoms with Gasteiger partial charge < -0.3 is 14.6 Å². The van der Waals surface area contributed by atoms with Crippen molar-refractivity contribution in [1.29, 1.82) is 0 Å². The van der Waals surface area contributed by atoms with Gasteiger partial charge in [-0.25, -0.2) is 0 Å². The molecule has 0 atom stereocenters. The van der Waals surface area contributed by atoms with Crippen LogP contribution in [0.15, 0.2) is 18.2 Å². The molecule has 0 aliphatic rings. The normalized spacial score (nSPS) is 10.2. The highest BCUT2D eigenvalue weighted by Gasteiger charge is 2.08. The third kappa shape index (κ3) is 5.64. The van der Waals surface area contributed by atoms with Gasteiger partial charge in [-0.15, -0.1) is 0 Å². The number of aryl methyl sites for hydroxylation is 1. The van der Waals surface area contributed by atoms with E-state index in [0.717, 1.165) is 29.9 Å². The van der Waals surface area contributed by atoms with Crippen LogP contribution in [-0.4, -0.2) is 24.3 Å². The lowest BCUT2D eigenvalue weighted by Crippen LogP contribution is -2.03. The average molecular weight is 266 g/mol. The Balaban J connectivity index is 2.78. The van der Waals surface area contributed by atoms with E-state index in [2.05, 4.69) is 6.92 Å². The Morgan fingerprint density at radius 2 is 1.84 bits per heavy atom. The van der Waals surface area contributed by atoms with Gasteiger partial charge in [-0.3, -0.25) is 4.79 Å². The fourth-order valence-electron chi connectivity index (χ4n) is 1.64. The number of benzene rings is 1. The van der Waals surface area contributed by atoms with Gasteiger partial charge in [0.15, 0.2) is 0 Å². The van der Waals surface area contributed by atoms with Gasteiger partial charge in [0.1, 0.15) is 11.5 Å². The first kappa shape index (κ1) is 15.3. The van der Waals surface area contributed by atoms with E-state index in [1.807, 2.05) is 25.1 Å². The Labute approximate surface area is 114 Å². The Morgan fingerprint density at radius 1 is 1.16 bits per heavy atom. The van der Waals surface area contributed by atoms with Crippen molar-refractivity contribution in [1.82, 2.24) is 0 Å². The summed E-state index contributed by atoms with van der Waals surface area (Å²) in [5.74, 6) is 0.705. The van der Waals surface area contributed by atoms with Gasteiger partial charge in [-0.1, -0.05) is 19.9 Å². The van der Waals surface area contributed by atoms with Crippen LogP contribution in [0.3, 0.4) is 0 Å². The highest BCUT2D eigenvalue weighted by Crippen LogP contribution is 2.26. The lowest BCUT2D eigenvalue weighted by Gasteiger charge is -2.13. The molecule has 0 amide bonds. The molecule has 0 saturated carbocycles. The minimum atomic E-state index is -0.798. The van der Waals surface area contributed by atoms with Crippen molar-refractivity contribution in [2.45, 2.75) is 39.5 Å². The summed E-state index contributed by atoms with van der Waals surface area (Å²) < 4.78 is 11.2. The summed E-state index contributed by atoms with van der Waals surface area (Å²) in [6, 6.07) is 5.60. The molecule has 19 heavy (non-hydrogen) atoms. The Hall–Kier alpha value is -1.71. The SMILES string of the molecule is CCCOc1ccc(CCC(=O)O)c(OCCC)c1. The summed E-state index contributed by atoms with van der Waals surface area (Å²) in [5, 5.41) is 8.75. The van der Waals surface area contributed by atoms with E-state index in [0.29, 0.717) is 19.6 Å². The lowest BCUT2D eigenvalue weighted by atomic mass is 10.1. The predicted octanol–water partition coefficient (Wildman–Crippen LogP) is 3.28. The van der Waals surface area contributed by atoms with Gasteiger partial charge in [0.05, 0.1) is 13.2 Å². The zero-order chi connectivity index (χ0) is 14.1. The number of hydrogen-bond donors (Lipinski definition) is 1. The molecule has 4 nitrogen and oxygen atoms in total. The number of rotatable bonds is 9. The minimum absolute atomic E-state index is 0.109. The van der Waals surface area contributed by atoms with Crippen molar-refractivity contribution in [2.75, 3.05) is 13.2 Å².